The normalized spacial score (nSPS) is 12.6. The summed E-state index contributed by atoms with van der Waals surface area (Å²) in [7, 11) is 0. The highest BCUT2D eigenvalue weighted by molar-refractivity contribution is 6.99. The summed E-state index contributed by atoms with van der Waals surface area (Å²) in [6, 6.07) is 88.2. The van der Waals surface area contributed by atoms with Gasteiger partial charge >= 0.3 is 0 Å². The van der Waals surface area contributed by atoms with Gasteiger partial charge in [0.15, 0.2) is 0 Å². The van der Waals surface area contributed by atoms with E-state index in [0.717, 1.165) is 55.6 Å². The van der Waals surface area contributed by atoms with E-state index in [2.05, 4.69) is 243 Å². The molecule has 0 amide bonds. The highest BCUT2D eigenvalue weighted by Gasteiger charge is 2.40. The Labute approximate surface area is 396 Å². The van der Waals surface area contributed by atoms with E-state index in [1.807, 2.05) is 0 Å². The monoisotopic (exact) mass is 862 g/mol. The molecule has 0 unspecified atom stereocenters. The van der Waals surface area contributed by atoms with Crippen LogP contribution < -0.4 is 42.3 Å². The van der Waals surface area contributed by atoms with Crippen LogP contribution in [-0.4, -0.2) is 13.4 Å². The molecule has 0 aliphatic carbocycles. The van der Waals surface area contributed by atoms with Crippen molar-refractivity contribution in [1.29, 1.82) is 0 Å². The van der Waals surface area contributed by atoms with Crippen molar-refractivity contribution >= 4 is 78.5 Å². The van der Waals surface area contributed by atoms with Crippen molar-refractivity contribution in [2.75, 3.05) is 0 Å². The van der Waals surface area contributed by atoms with Crippen LogP contribution in [0.25, 0.3) is 76.8 Å². The first-order chi connectivity index (χ1) is 33.8. The molecule has 0 aromatic heterocycles. The largest absolute Gasteiger partial charge is 0.458 e. The maximum Gasteiger partial charge on any atom is 0.252 e. The first kappa shape index (κ1) is 38.7. The number of rotatable bonds is 6. The molecule has 0 fully saturated rings. The molecule has 2 nitrogen and oxygen atoms in total. The molecular weight excluding hydrogens is 822 g/mol. The number of benzene rings is 12. The lowest BCUT2D eigenvalue weighted by atomic mass is 9.34. The first-order valence-electron chi connectivity index (χ1n) is 23.6. The summed E-state index contributed by atoms with van der Waals surface area (Å²) in [5.41, 5.74) is 16.8. The Hall–Kier alpha value is -8.59. The van der Waals surface area contributed by atoms with Crippen LogP contribution in [0.5, 0.6) is 23.0 Å². The van der Waals surface area contributed by atoms with Crippen molar-refractivity contribution in [3.63, 3.8) is 0 Å². The maximum absolute atomic E-state index is 7.19. The second-order valence-electron chi connectivity index (χ2n) is 18.2. The second-order valence-corrected chi connectivity index (χ2v) is 18.2. The molecule has 0 atom stereocenters. The SMILES string of the molecule is c1ccc(-c2cccc(-c3ccccc3)c2B2c3ccccc3Oc3c2cc2ccc4c5c(cc6ccc3c2c64)B(c2c(-c3ccccc3)cccc2-c2ccccc2)c2ccccc2O5)cc1. The molecule has 2 aliphatic heterocycles. The van der Waals surface area contributed by atoms with E-state index in [1.54, 1.807) is 0 Å². The molecule has 14 rings (SSSR count). The van der Waals surface area contributed by atoms with Gasteiger partial charge in [-0.25, -0.2) is 0 Å². The number of hydrogen-bond donors (Lipinski definition) is 0. The van der Waals surface area contributed by atoms with E-state index in [1.165, 1.54) is 77.0 Å². The zero-order valence-electron chi connectivity index (χ0n) is 37.1. The van der Waals surface area contributed by atoms with Crippen molar-refractivity contribution in [3.05, 3.63) is 243 Å². The molecule has 12 aromatic carbocycles. The van der Waals surface area contributed by atoms with Gasteiger partial charge in [0.25, 0.3) is 13.4 Å². The molecule has 0 saturated carbocycles. The summed E-state index contributed by atoms with van der Waals surface area (Å²) >= 11 is 0. The second kappa shape index (κ2) is 15.5. The molecule has 2 heterocycles. The Kier molecular flexibility index (Phi) is 8.82. The summed E-state index contributed by atoms with van der Waals surface area (Å²) in [5, 5.41) is 6.93. The number of hydrogen-bond acceptors (Lipinski definition) is 2. The van der Waals surface area contributed by atoms with Gasteiger partial charge in [0.2, 0.25) is 0 Å². The number of para-hydroxylation sites is 2. The van der Waals surface area contributed by atoms with E-state index in [-0.39, 0.29) is 13.4 Å². The minimum absolute atomic E-state index is 0.111. The van der Waals surface area contributed by atoms with Crippen molar-refractivity contribution < 1.29 is 9.47 Å². The fraction of sp³-hybridized carbons (Fsp3) is 0. The van der Waals surface area contributed by atoms with Crippen LogP contribution in [0.15, 0.2) is 243 Å². The van der Waals surface area contributed by atoms with Crippen LogP contribution in [0.3, 0.4) is 0 Å². The van der Waals surface area contributed by atoms with E-state index in [4.69, 9.17) is 9.47 Å². The van der Waals surface area contributed by atoms with Crippen molar-refractivity contribution in [1.82, 2.24) is 0 Å². The minimum atomic E-state index is -0.111. The van der Waals surface area contributed by atoms with Crippen LogP contribution in [0, 0.1) is 0 Å². The van der Waals surface area contributed by atoms with Crippen LogP contribution in [0.2, 0.25) is 0 Å². The topological polar surface area (TPSA) is 18.5 Å². The summed E-state index contributed by atoms with van der Waals surface area (Å²) < 4.78 is 14.4. The van der Waals surface area contributed by atoms with E-state index in [9.17, 15) is 0 Å². The minimum Gasteiger partial charge on any atom is -0.458 e. The van der Waals surface area contributed by atoms with Gasteiger partial charge in [0.1, 0.15) is 23.0 Å². The Morgan fingerprint density at radius 2 is 0.588 bits per heavy atom. The lowest BCUT2D eigenvalue weighted by molar-refractivity contribution is 0.492. The van der Waals surface area contributed by atoms with E-state index >= 15 is 0 Å². The van der Waals surface area contributed by atoms with Gasteiger partial charge in [-0.05, 0) is 101 Å². The lowest BCUT2D eigenvalue weighted by Crippen LogP contribution is -2.56. The summed E-state index contributed by atoms with van der Waals surface area (Å²) in [6.07, 6.45) is 0. The average molecular weight is 863 g/mol. The summed E-state index contributed by atoms with van der Waals surface area (Å²) in [4.78, 5) is 0. The smallest absolute Gasteiger partial charge is 0.252 e. The molecule has 0 bridgehead atoms. The average Bonchev–Trinajstić information content (AvgIpc) is 3.41. The Balaban J connectivity index is 1.03. The Bertz CT molecular complexity index is 3540. The van der Waals surface area contributed by atoms with Gasteiger partial charge in [-0.3, -0.25) is 0 Å². The van der Waals surface area contributed by atoms with Gasteiger partial charge in [-0.15, -0.1) is 0 Å². The Morgan fingerprint density at radius 1 is 0.265 bits per heavy atom. The van der Waals surface area contributed by atoms with E-state index in [0.29, 0.717) is 0 Å². The van der Waals surface area contributed by atoms with Crippen molar-refractivity contribution in [3.8, 4) is 67.5 Å². The molecule has 0 saturated heterocycles. The number of ether oxygens (including phenoxy) is 2. The lowest BCUT2D eigenvalue weighted by Gasteiger charge is -2.32. The van der Waals surface area contributed by atoms with Crippen LogP contribution in [0.1, 0.15) is 0 Å². The molecule has 314 valence electrons. The van der Waals surface area contributed by atoms with Crippen molar-refractivity contribution in [2.45, 2.75) is 0 Å². The molecule has 0 spiro atoms. The third-order valence-electron chi connectivity index (χ3n) is 14.5. The van der Waals surface area contributed by atoms with Crippen LogP contribution in [-0.2, 0) is 0 Å². The van der Waals surface area contributed by atoms with Crippen LogP contribution in [0.4, 0.5) is 0 Å². The quantitative estimate of drug-likeness (QED) is 0.122. The van der Waals surface area contributed by atoms with Crippen LogP contribution >= 0.6 is 0 Å². The maximum atomic E-state index is 7.19. The zero-order chi connectivity index (χ0) is 44.7. The van der Waals surface area contributed by atoms with Gasteiger partial charge < -0.3 is 9.47 Å². The predicted octanol–water partition coefficient (Wildman–Crippen LogP) is 12.5. The van der Waals surface area contributed by atoms with E-state index < -0.39 is 0 Å². The van der Waals surface area contributed by atoms with Crippen molar-refractivity contribution in [2.24, 2.45) is 0 Å². The van der Waals surface area contributed by atoms with Gasteiger partial charge in [0, 0.05) is 21.5 Å². The molecule has 2 aliphatic rings. The molecule has 68 heavy (non-hydrogen) atoms. The fourth-order valence-corrected chi connectivity index (χ4v) is 11.6. The highest BCUT2D eigenvalue weighted by atomic mass is 16.5. The van der Waals surface area contributed by atoms with Gasteiger partial charge in [-0.1, -0.05) is 229 Å². The molecule has 12 aromatic rings. The standard InChI is InChI=1S/C64H40B2O2/c1-5-19-41(20-6-1)47-27-17-28-48(42-21-7-2-8-22-42)61(47)65-53-31-13-15-33-57(53)67-63-51-37-36-46-40-56-64(52-38-35-45(39-55(63)65)59(51)60(46)52)68-58-34-16-14-32-54(58)66(56)62-49(43-23-9-3-10-24-43)29-18-30-50(62)44-25-11-4-12-26-44/h1-40H. The molecular formula is C64H40B2O2. The first-order valence-corrected chi connectivity index (χ1v) is 23.6. The summed E-state index contributed by atoms with van der Waals surface area (Å²) in [6.45, 7) is -0.222. The molecule has 0 radical (unpaired) electrons. The molecule has 0 N–H and O–H groups in total. The van der Waals surface area contributed by atoms with Gasteiger partial charge in [0.05, 0.1) is 0 Å². The predicted molar refractivity (Wildman–Crippen MR) is 287 cm³/mol. The summed E-state index contributed by atoms with van der Waals surface area (Å²) in [5.74, 6) is 3.58. The highest BCUT2D eigenvalue weighted by Crippen LogP contribution is 2.45. The number of fused-ring (bicyclic) bond motifs is 6. The zero-order valence-corrected chi connectivity index (χ0v) is 37.1. The fourth-order valence-electron chi connectivity index (χ4n) is 11.6. The third-order valence-corrected chi connectivity index (χ3v) is 14.5. The molecule has 4 heteroatoms. The third kappa shape index (κ3) is 5.94. The Morgan fingerprint density at radius 3 is 0.941 bits per heavy atom. The van der Waals surface area contributed by atoms with Gasteiger partial charge in [-0.2, -0.15) is 0 Å².